The van der Waals surface area contributed by atoms with E-state index in [1.54, 1.807) is 0 Å². The van der Waals surface area contributed by atoms with Crippen LogP contribution < -0.4 is 5.32 Å². The van der Waals surface area contributed by atoms with Crippen molar-refractivity contribution in [2.45, 2.75) is 41.5 Å². The molecule has 0 unspecified atom stereocenters. The van der Waals surface area contributed by atoms with Gasteiger partial charge >= 0.3 is 0 Å². The summed E-state index contributed by atoms with van der Waals surface area (Å²) < 4.78 is 0. The second-order valence-electron chi connectivity index (χ2n) is 2.06. The van der Waals surface area contributed by atoms with Crippen molar-refractivity contribution in [3.05, 3.63) is 36.5 Å². The maximum atomic E-state index is 3.70. The van der Waals surface area contributed by atoms with Gasteiger partial charge in [0.05, 0.1) is 0 Å². The van der Waals surface area contributed by atoms with Gasteiger partial charge in [0.15, 0.2) is 0 Å². The van der Waals surface area contributed by atoms with E-state index >= 15 is 0 Å². The molecule has 0 saturated carbocycles. The molecule has 1 aliphatic heterocycles. The first-order valence-electron chi connectivity index (χ1n) is 6.06. The molecule has 0 radical (unpaired) electrons. The molecule has 15 heavy (non-hydrogen) atoms. The van der Waals surface area contributed by atoms with Gasteiger partial charge in [-0.1, -0.05) is 66.9 Å². The predicted molar refractivity (Wildman–Crippen MR) is 74.3 cm³/mol. The van der Waals surface area contributed by atoms with Gasteiger partial charge in [0, 0.05) is 13.1 Å². The highest BCUT2D eigenvalue weighted by atomic mass is 14.9. The molecule has 0 bridgehead atoms. The van der Waals surface area contributed by atoms with Crippen molar-refractivity contribution in [3.63, 3.8) is 0 Å². The topological polar surface area (TPSA) is 12.0 Å². The lowest BCUT2D eigenvalue weighted by Gasteiger charge is -1.90. The average molecular weight is 211 g/mol. The van der Waals surface area contributed by atoms with Gasteiger partial charge in [0.25, 0.3) is 0 Å². The first-order valence-corrected chi connectivity index (χ1v) is 6.06. The fraction of sp³-hybridized carbons (Fsp3) is 0.571. The fourth-order valence-corrected chi connectivity index (χ4v) is 0.965. The van der Waals surface area contributed by atoms with Crippen molar-refractivity contribution in [1.29, 1.82) is 0 Å². The van der Waals surface area contributed by atoms with Crippen molar-refractivity contribution < 1.29 is 0 Å². The van der Waals surface area contributed by atoms with Crippen LogP contribution in [-0.2, 0) is 0 Å². The molecule has 0 saturated heterocycles. The van der Waals surface area contributed by atoms with Crippen LogP contribution in [0.1, 0.15) is 41.5 Å². The third-order valence-corrected chi connectivity index (χ3v) is 1.54. The molecule has 0 fully saturated rings. The number of hydrogen-bond acceptors (Lipinski definition) is 1. The van der Waals surface area contributed by atoms with Gasteiger partial charge in [-0.2, -0.15) is 0 Å². The zero-order valence-corrected chi connectivity index (χ0v) is 11.5. The molecule has 90 valence electrons. The van der Waals surface area contributed by atoms with Crippen LogP contribution in [0.2, 0.25) is 0 Å². The first-order chi connectivity index (χ1) is 7.38. The summed E-state index contributed by atoms with van der Waals surface area (Å²) in [6.07, 6.45) is 3.77. The van der Waals surface area contributed by atoms with Crippen LogP contribution in [-0.4, -0.2) is 13.1 Å². The fourth-order valence-electron chi connectivity index (χ4n) is 0.965. The van der Waals surface area contributed by atoms with Gasteiger partial charge < -0.3 is 5.32 Å². The minimum Gasteiger partial charge on any atom is -0.309 e. The van der Waals surface area contributed by atoms with Gasteiger partial charge in [-0.25, -0.2) is 0 Å². The van der Waals surface area contributed by atoms with Crippen LogP contribution in [0.5, 0.6) is 0 Å². The van der Waals surface area contributed by atoms with Crippen LogP contribution in [0.3, 0.4) is 0 Å². The van der Waals surface area contributed by atoms with E-state index in [1.165, 1.54) is 11.1 Å². The second kappa shape index (κ2) is 18.9. The molecule has 1 heteroatoms. The summed E-state index contributed by atoms with van der Waals surface area (Å²) in [7, 11) is 0. The lowest BCUT2D eigenvalue weighted by atomic mass is 10.1. The van der Waals surface area contributed by atoms with Crippen LogP contribution in [0.4, 0.5) is 0 Å². The summed E-state index contributed by atoms with van der Waals surface area (Å²) in [4.78, 5) is 0. The van der Waals surface area contributed by atoms with E-state index < -0.39 is 0 Å². The summed E-state index contributed by atoms with van der Waals surface area (Å²) >= 11 is 0. The minimum atomic E-state index is 0.949. The van der Waals surface area contributed by atoms with Gasteiger partial charge in [-0.15, -0.1) is 0 Å². The monoisotopic (exact) mass is 211 g/mol. The molecule has 1 aliphatic rings. The zero-order chi connectivity index (χ0) is 12.7. The smallest absolute Gasteiger partial charge is 0.0211 e. The van der Waals surface area contributed by atoms with Gasteiger partial charge in [0.2, 0.25) is 0 Å². The molecule has 0 spiro atoms. The van der Waals surface area contributed by atoms with Crippen LogP contribution in [0.15, 0.2) is 36.5 Å². The molecule has 0 aromatic rings. The molecule has 1 heterocycles. The van der Waals surface area contributed by atoms with Crippen LogP contribution >= 0.6 is 0 Å². The lowest BCUT2D eigenvalue weighted by Crippen LogP contribution is -2.08. The Labute approximate surface area is 97.0 Å². The Balaban J connectivity index is -0.000000208. The Kier molecular flexibility index (Phi) is 24.8. The van der Waals surface area contributed by atoms with E-state index in [9.17, 15) is 0 Å². The quantitative estimate of drug-likeness (QED) is 0.716. The summed E-state index contributed by atoms with van der Waals surface area (Å²) in [6.45, 7) is 21.3. The third kappa shape index (κ3) is 9.48. The van der Waals surface area contributed by atoms with Crippen molar-refractivity contribution >= 4 is 0 Å². The molecule has 0 aliphatic carbocycles. The first kappa shape index (κ1) is 19.7. The SMILES string of the molecule is C=CC1=C(C=C)CNC1.CC.CC.CC. The van der Waals surface area contributed by atoms with Gasteiger partial charge in [0.1, 0.15) is 0 Å². The van der Waals surface area contributed by atoms with E-state index in [4.69, 9.17) is 0 Å². The number of nitrogens with one attached hydrogen (secondary N) is 1. The zero-order valence-electron chi connectivity index (χ0n) is 11.5. The summed E-state index contributed by atoms with van der Waals surface area (Å²) in [5, 5.41) is 3.21. The highest BCUT2D eigenvalue weighted by Crippen LogP contribution is 2.10. The number of hydrogen-bond donors (Lipinski definition) is 1. The standard InChI is InChI=1S/C8H11N.3C2H6/c1-3-7-5-9-6-8(7)4-2;3*1-2/h3-4,9H,1-2,5-6H2;3*1-2H3. The van der Waals surface area contributed by atoms with Gasteiger partial charge in [-0.05, 0) is 11.1 Å². The van der Waals surface area contributed by atoms with Crippen molar-refractivity contribution in [1.82, 2.24) is 5.32 Å². The molecule has 0 amide bonds. The Morgan fingerprint density at radius 3 is 1.27 bits per heavy atom. The Hall–Kier alpha value is -0.820. The van der Waals surface area contributed by atoms with Crippen molar-refractivity contribution in [3.8, 4) is 0 Å². The normalized spacial score (nSPS) is 12.1. The van der Waals surface area contributed by atoms with E-state index in [-0.39, 0.29) is 0 Å². The Morgan fingerprint density at radius 1 is 0.800 bits per heavy atom. The summed E-state index contributed by atoms with van der Waals surface area (Å²) in [5.41, 5.74) is 2.56. The highest BCUT2D eigenvalue weighted by molar-refractivity contribution is 5.36. The molecule has 1 nitrogen and oxygen atoms in total. The average Bonchev–Trinajstić information content (AvgIpc) is 2.84. The minimum absolute atomic E-state index is 0.949. The van der Waals surface area contributed by atoms with E-state index in [2.05, 4.69) is 18.5 Å². The molecule has 1 N–H and O–H groups in total. The molecule has 0 aromatic carbocycles. The maximum Gasteiger partial charge on any atom is 0.0211 e. The maximum absolute atomic E-state index is 3.70. The predicted octanol–water partition coefficient (Wildman–Crippen LogP) is 4.34. The lowest BCUT2D eigenvalue weighted by molar-refractivity contribution is 0.874. The van der Waals surface area contributed by atoms with Gasteiger partial charge in [-0.3, -0.25) is 0 Å². The number of rotatable bonds is 2. The molecule has 1 rings (SSSR count). The van der Waals surface area contributed by atoms with E-state index in [1.807, 2.05) is 53.7 Å². The van der Waals surface area contributed by atoms with E-state index in [0.717, 1.165) is 13.1 Å². The Morgan fingerprint density at radius 2 is 1.07 bits per heavy atom. The largest absolute Gasteiger partial charge is 0.309 e. The van der Waals surface area contributed by atoms with Crippen molar-refractivity contribution in [2.24, 2.45) is 0 Å². The van der Waals surface area contributed by atoms with Crippen LogP contribution in [0.25, 0.3) is 0 Å². The Bertz CT molecular complexity index is 148. The molecule has 0 aromatic heterocycles. The third-order valence-electron chi connectivity index (χ3n) is 1.54. The second-order valence-corrected chi connectivity index (χ2v) is 2.06. The van der Waals surface area contributed by atoms with Crippen LogP contribution in [0, 0.1) is 0 Å². The molecular formula is C14H29N. The van der Waals surface area contributed by atoms with E-state index in [0.29, 0.717) is 0 Å². The molecular weight excluding hydrogens is 182 g/mol. The summed E-state index contributed by atoms with van der Waals surface area (Å²) in [5.74, 6) is 0. The summed E-state index contributed by atoms with van der Waals surface area (Å²) in [6, 6.07) is 0. The molecule has 0 atom stereocenters. The van der Waals surface area contributed by atoms with Crippen molar-refractivity contribution in [2.75, 3.05) is 13.1 Å². The highest BCUT2D eigenvalue weighted by Gasteiger charge is 2.06.